The van der Waals surface area contributed by atoms with Crippen LogP contribution in [0.5, 0.6) is 5.75 Å². The molecular formula is C20H24N2O2. The van der Waals surface area contributed by atoms with Crippen LogP contribution in [0.15, 0.2) is 48.5 Å². The lowest BCUT2D eigenvalue weighted by Gasteiger charge is -2.29. The van der Waals surface area contributed by atoms with Crippen LogP contribution >= 0.6 is 0 Å². The van der Waals surface area contributed by atoms with Gasteiger partial charge >= 0.3 is 0 Å². The Labute approximate surface area is 143 Å². The van der Waals surface area contributed by atoms with E-state index in [9.17, 15) is 4.79 Å². The van der Waals surface area contributed by atoms with E-state index in [2.05, 4.69) is 29.4 Å². The molecule has 0 bridgehead atoms. The normalized spacial score (nSPS) is 15.9. The lowest BCUT2D eigenvalue weighted by atomic mass is 10.0. The summed E-state index contributed by atoms with van der Waals surface area (Å²) in [7, 11) is 2.15. The van der Waals surface area contributed by atoms with Crippen molar-refractivity contribution >= 4 is 11.6 Å². The van der Waals surface area contributed by atoms with Gasteiger partial charge in [-0.05, 0) is 55.3 Å². The zero-order valence-electron chi connectivity index (χ0n) is 14.3. The second kappa shape index (κ2) is 7.49. The molecule has 0 spiro atoms. The monoisotopic (exact) mass is 324 g/mol. The summed E-state index contributed by atoms with van der Waals surface area (Å²) in [4.78, 5) is 13.5. The van der Waals surface area contributed by atoms with Crippen molar-refractivity contribution in [3.8, 4) is 16.9 Å². The van der Waals surface area contributed by atoms with Crippen LogP contribution in [0.4, 0.5) is 5.69 Å². The van der Waals surface area contributed by atoms with E-state index in [1.54, 1.807) is 0 Å². The van der Waals surface area contributed by atoms with Crippen LogP contribution in [0.2, 0.25) is 0 Å². The first-order chi connectivity index (χ1) is 11.6. The standard InChI is InChI=1S/C20H24N2O2/c1-15(23)21-18-5-3-4-17(14-18)16-6-8-19(9-7-16)24-20-10-12-22(2)13-11-20/h3-9,14,20H,10-13H2,1-2H3,(H,21,23). The quantitative estimate of drug-likeness (QED) is 0.930. The first-order valence-electron chi connectivity index (χ1n) is 8.43. The molecule has 0 radical (unpaired) electrons. The molecule has 2 aromatic rings. The SMILES string of the molecule is CC(=O)Nc1cccc(-c2ccc(OC3CCN(C)CC3)cc2)c1. The molecule has 1 fully saturated rings. The van der Waals surface area contributed by atoms with E-state index >= 15 is 0 Å². The van der Waals surface area contributed by atoms with Gasteiger partial charge < -0.3 is 15.0 Å². The molecule has 0 aromatic heterocycles. The number of nitrogens with zero attached hydrogens (tertiary/aromatic N) is 1. The third kappa shape index (κ3) is 4.36. The van der Waals surface area contributed by atoms with E-state index in [-0.39, 0.29) is 5.91 Å². The Hall–Kier alpha value is -2.33. The molecule has 1 amide bonds. The fraction of sp³-hybridized carbons (Fsp3) is 0.350. The Morgan fingerprint density at radius 1 is 1.08 bits per heavy atom. The largest absolute Gasteiger partial charge is 0.490 e. The van der Waals surface area contributed by atoms with Crippen molar-refractivity contribution in [2.45, 2.75) is 25.9 Å². The van der Waals surface area contributed by atoms with Crippen molar-refractivity contribution in [3.63, 3.8) is 0 Å². The van der Waals surface area contributed by atoms with Crippen LogP contribution in [-0.2, 0) is 4.79 Å². The van der Waals surface area contributed by atoms with Crippen molar-refractivity contribution in [3.05, 3.63) is 48.5 Å². The third-order valence-corrected chi connectivity index (χ3v) is 4.34. The third-order valence-electron chi connectivity index (χ3n) is 4.34. The summed E-state index contributed by atoms with van der Waals surface area (Å²) in [5.74, 6) is 0.861. The van der Waals surface area contributed by atoms with Crippen molar-refractivity contribution in [1.29, 1.82) is 0 Å². The van der Waals surface area contributed by atoms with Crippen LogP contribution in [0.25, 0.3) is 11.1 Å². The molecule has 0 atom stereocenters. The maximum Gasteiger partial charge on any atom is 0.221 e. The number of piperidine rings is 1. The maximum absolute atomic E-state index is 11.2. The molecule has 1 aliphatic rings. The van der Waals surface area contributed by atoms with Crippen molar-refractivity contribution in [2.24, 2.45) is 0 Å². The molecule has 4 heteroatoms. The van der Waals surface area contributed by atoms with Gasteiger partial charge in [0.25, 0.3) is 0 Å². The maximum atomic E-state index is 11.2. The smallest absolute Gasteiger partial charge is 0.221 e. The highest BCUT2D eigenvalue weighted by atomic mass is 16.5. The molecule has 1 heterocycles. The van der Waals surface area contributed by atoms with Gasteiger partial charge in [0.2, 0.25) is 5.91 Å². The Kier molecular flexibility index (Phi) is 5.16. The average molecular weight is 324 g/mol. The van der Waals surface area contributed by atoms with E-state index < -0.39 is 0 Å². The Balaban J connectivity index is 1.67. The zero-order valence-corrected chi connectivity index (χ0v) is 14.3. The topological polar surface area (TPSA) is 41.6 Å². The minimum Gasteiger partial charge on any atom is -0.490 e. The molecule has 126 valence electrons. The number of anilines is 1. The number of carbonyl (C=O) groups excluding carboxylic acids is 1. The average Bonchev–Trinajstić information content (AvgIpc) is 2.57. The Bertz CT molecular complexity index is 689. The van der Waals surface area contributed by atoms with Gasteiger partial charge in [-0.2, -0.15) is 0 Å². The second-order valence-corrected chi connectivity index (χ2v) is 6.41. The number of hydrogen-bond acceptors (Lipinski definition) is 3. The van der Waals surface area contributed by atoms with Gasteiger partial charge in [-0.1, -0.05) is 24.3 Å². The number of benzene rings is 2. The fourth-order valence-corrected chi connectivity index (χ4v) is 3.00. The summed E-state index contributed by atoms with van der Waals surface area (Å²) >= 11 is 0. The van der Waals surface area contributed by atoms with Gasteiger partial charge in [0.1, 0.15) is 11.9 Å². The number of hydrogen-bond donors (Lipinski definition) is 1. The number of rotatable bonds is 4. The van der Waals surface area contributed by atoms with E-state index in [1.165, 1.54) is 6.92 Å². The van der Waals surface area contributed by atoms with Gasteiger partial charge in [0.05, 0.1) is 0 Å². The number of carbonyl (C=O) groups is 1. The summed E-state index contributed by atoms with van der Waals surface area (Å²) in [5, 5.41) is 2.82. The second-order valence-electron chi connectivity index (χ2n) is 6.41. The first-order valence-corrected chi connectivity index (χ1v) is 8.43. The highest BCUT2D eigenvalue weighted by Gasteiger charge is 2.17. The number of amides is 1. The molecular weight excluding hydrogens is 300 g/mol. The van der Waals surface area contributed by atoms with Gasteiger partial charge in [0, 0.05) is 25.7 Å². The molecule has 1 N–H and O–H groups in total. The van der Waals surface area contributed by atoms with Crippen molar-refractivity contribution in [1.82, 2.24) is 4.90 Å². The van der Waals surface area contributed by atoms with Gasteiger partial charge in [-0.3, -0.25) is 4.79 Å². The van der Waals surface area contributed by atoms with Gasteiger partial charge in [-0.15, -0.1) is 0 Å². The summed E-state index contributed by atoms with van der Waals surface area (Å²) in [6.45, 7) is 3.71. The molecule has 0 aliphatic carbocycles. The summed E-state index contributed by atoms with van der Waals surface area (Å²) in [6, 6.07) is 16.0. The van der Waals surface area contributed by atoms with Crippen LogP contribution in [0.3, 0.4) is 0 Å². The van der Waals surface area contributed by atoms with E-state index in [1.807, 2.05) is 36.4 Å². The minimum absolute atomic E-state index is 0.0611. The molecule has 0 unspecified atom stereocenters. The molecule has 0 saturated carbocycles. The number of ether oxygens (including phenoxy) is 1. The highest BCUT2D eigenvalue weighted by molar-refractivity contribution is 5.89. The van der Waals surface area contributed by atoms with E-state index in [0.717, 1.165) is 48.5 Å². The van der Waals surface area contributed by atoms with Crippen molar-refractivity contribution in [2.75, 3.05) is 25.5 Å². The Morgan fingerprint density at radius 2 is 1.79 bits per heavy atom. The lowest BCUT2D eigenvalue weighted by Crippen LogP contribution is -2.35. The predicted molar refractivity (Wildman–Crippen MR) is 97.3 cm³/mol. The van der Waals surface area contributed by atoms with Crippen LogP contribution in [-0.4, -0.2) is 37.0 Å². The van der Waals surface area contributed by atoms with Gasteiger partial charge in [-0.25, -0.2) is 0 Å². The van der Waals surface area contributed by atoms with E-state index in [0.29, 0.717) is 6.10 Å². The highest BCUT2D eigenvalue weighted by Crippen LogP contribution is 2.26. The minimum atomic E-state index is -0.0611. The van der Waals surface area contributed by atoms with Gasteiger partial charge in [0.15, 0.2) is 0 Å². The molecule has 3 rings (SSSR count). The van der Waals surface area contributed by atoms with Crippen LogP contribution < -0.4 is 10.1 Å². The number of likely N-dealkylation sites (tertiary alicyclic amines) is 1. The van der Waals surface area contributed by atoms with Crippen LogP contribution in [0, 0.1) is 0 Å². The van der Waals surface area contributed by atoms with E-state index in [4.69, 9.17) is 4.74 Å². The Morgan fingerprint density at radius 3 is 2.46 bits per heavy atom. The zero-order chi connectivity index (χ0) is 16.9. The number of nitrogens with one attached hydrogen (secondary N) is 1. The molecule has 24 heavy (non-hydrogen) atoms. The molecule has 4 nitrogen and oxygen atoms in total. The lowest BCUT2D eigenvalue weighted by molar-refractivity contribution is -0.114. The fourth-order valence-electron chi connectivity index (χ4n) is 3.00. The molecule has 1 aliphatic heterocycles. The molecule has 2 aromatic carbocycles. The summed E-state index contributed by atoms with van der Waals surface area (Å²) in [5.41, 5.74) is 3.00. The van der Waals surface area contributed by atoms with Crippen LogP contribution in [0.1, 0.15) is 19.8 Å². The predicted octanol–water partition coefficient (Wildman–Crippen LogP) is 3.79. The summed E-state index contributed by atoms with van der Waals surface area (Å²) in [6.07, 6.45) is 2.48. The van der Waals surface area contributed by atoms with Crippen molar-refractivity contribution < 1.29 is 9.53 Å². The summed E-state index contributed by atoms with van der Waals surface area (Å²) < 4.78 is 6.09. The first kappa shape index (κ1) is 16.5. The molecule has 1 saturated heterocycles.